The third-order valence-corrected chi connectivity index (χ3v) is 2.27. The molecule has 0 saturated carbocycles. The summed E-state index contributed by atoms with van der Waals surface area (Å²) >= 11 is 0. The molecule has 0 aliphatic carbocycles. The average Bonchev–Trinajstić information content (AvgIpc) is 2.33. The fraction of sp³-hybridized carbons (Fsp3) is 0.500. The van der Waals surface area contributed by atoms with Crippen molar-refractivity contribution in [3.63, 3.8) is 0 Å². The number of hydrogen-bond acceptors (Lipinski definition) is 4. The van der Waals surface area contributed by atoms with Crippen molar-refractivity contribution in [2.45, 2.75) is 26.4 Å². The van der Waals surface area contributed by atoms with Gasteiger partial charge in [-0.05, 0) is 32.9 Å². The van der Waals surface area contributed by atoms with Gasteiger partial charge in [0.25, 0.3) is 0 Å². The standard InChI is InChI=1S/C14H21FN2O3/c1-14(2,3)20-13(18)17-8-7-16-10-5-6-12(19-4)11(15)9-10/h5-6,9,16H,7-8H2,1-4H3,(H,17,18). The minimum absolute atomic E-state index is 0.197. The molecule has 20 heavy (non-hydrogen) atoms. The molecule has 1 aromatic carbocycles. The van der Waals surface area contributed by atoms with Crippen LogP contribution in [0, 0.1) is 5.82 Å². The van der Waals surface area contributed by atoms with Crippen molar-refractivity contribution in [3.8, 4) is 5.75 Å². The highest BCUT2D eigenvalue weighted by atomic mass is 19.1. The molecular weight excluding hydrogens is 263 g/mol. The van der Waals surface area contributed by atoms with Gasteiger partial charge in [-0.3, -0.25) is 0 Å². The van der Waals surface area contributed by atoms with E-state index in [0.29, 0.717) is 18.8 Å². The third-order valence-electron chi connectivity index (χ3n) is 2.27. The minimum atomic E-state index is -0.517. The van der Waals surface area contributed by atoms with E-state index in [1.807, 2.05) is 0 Å². The summed E-state index contributed by atoms with van der Waals surface area (Å²) in [4.78, 5) is 11.4. The Bertz CT molecular complexity index is 458. The van der Waals surface area contributed by atoms with Crippen LogP contribution in [0.4, 0.5) is 14.9 Å². The van der Waals surface area contributed by atoms with Gasteiger partial charge in [0.05, 0.1) is 7.11 Å². The largest absolute Gasteiger partial charge is 0.494 e. The van der Waals surface area contributed by atoms with Gasteiger partial charge in [0.1, 0.15) is 5.60 Å². The highest BCUT2D eigenvalue weighted by Crippen LogP contribution is 2.20. The van der Waals surface area contributed by atoms with Gasteiger partial charge < -0.3 is 20.1 Å². The van der Waals surface area contributed by atoms with Crippen LogP contribution in [0.3, 0.4) is 0 Å². The molecule has 0 saturated heterocycles. The summed E-state index contributed by atoms with van der Waals surface area (Å²) in [5.74, 6) is -0.236. The van der Waals surface area contributed by atoms with E-state index < -0.39 is 17.5 Å². The molecule has 0 unspecified atom stereocenters. The summed E-state index contributed by atoms with van der Waals surface area (Å²) in [7, 11) is 1.41. The number of hydrogen-bond donors (Lipinski definition) is 2. The lowest BCUT2D eigenvalue weighted by Crippen LogP contribution is -2.34. The van der Waals surface area contributed by atoms with Gasteiger partial charge in [-0.25, -0.2) is 9.18 Å². The average molecular weight is 284 g/mol. The zero-order valence-corrected chi connectivity index (χ0v) is 12.2. The number of anilines is 1. The second-order valence-electron chi connectivity index (χ2n) is 5.20. The first-order valence-corrected chi connectivity index (χ1v) is 6.36. The molecule has 1 aromatic rings. The van der Waals surface area contributed by atoms with Gasteiger partial charge in [0.2, 0.25) is 0 Å². The number of carbonyl (C=O) groups is 1. The van der Waals surface area contributed by atoms with Crippen molar-refractivity contribution in [1.82, 2.24) is 5.32 Å². The molecule has 0 bridgehead atoms. The van der Waals surface area contributed by atoms with E-state index in [9.17, 15) is 9.18 Å². The Labute approximate surface area is 118 Å². The number of benzene rings is 1. The van der Waals surface area contributed by atoms with Gasteiger partial charge in [0.15, 0.2) is 11.6 Å². The van der Waals surface area contributed by atoms with Crippen LogP contribution >= 0.6 is 0 Å². The third kappa shape index (κ3) is 5.77. The first kappa shape index (κ1) is 16.1. The molecule has 0 radical (unpaired) electrons. The maximum absolute atomic E-state index is 13.4. The number of nitrogens with one attached hydrogen (secondary N) is 2. The van der Waals surface area contributed by atoms with Gasteiger partial charge in [0, 0.05) is 24.8 Å². The van der Waals surface area contributed by atoms with Crippen LogP contribution in [0.25, 0.3) is 0 Å². The predicted octanol–water partition coefficient (Wildman–Crippen LogP) is 2.77. The minimum Gasteiger partial charge on any atom is -0.494 e. The van der Waals surface area contributed by atoms with E-state index in [2.05, 4.69) is 10.6 Å². The number of ether oxygens (including phenoxy) is 2. The SMILES string of the molecule is COc1ccc(NCCNC(=O)OC(C)(C)C)cc1F. The molecule has 5 nitrogen and oxygen atoms in total. The monoisotopic (exact) mass is 284 g/mol. The van der Waals surface area contributed by atoms with Crippen LogP contribution in [0.2, 0.25) is 0 Å². The van der Waals surface area contributed by atoms with Crippen molar-refractivity contribution in [3.05, 3.63) is 24.0 Å². The Balaban J connectivity index is 2.31. The molecule has 0 atom stereocenters. The Hall–Kier alpha value is -1.98. The maximum atomic E-state index is 13.4. The van der Waals surface area contributed by atoms with Gasteiger partial charge >= 0.3 is 6.09 Å². The van der Waals surface area contributed by atoms with Gasteiger partial charge in [-0.2, -0.15) is 0 Å². The van der Waals surface area contributed by atoms with Crippen LogP contribution in [0.1, 0.15) is 20.8 Å². The van der Waals surface area contributed by atoms with Crippen LogP contribution in [0.5, 0.6) is 5.75 Å². The summed E-state index contributed by atoms with van der Waals surface area (Å²) < 4.78 is 23.3. The summed E-state index contributed by atoms with van der Waals surface area (Å²) in [5, 5.41) is 5.59. The first-order chi connectivity index (χ1) is 9.31. The summed E-state index contributed by atoms with van der Waals surface area (Å²) in [5.41, 5.74) is 0.102. The molecule has 0 aliphatic heterocycles. The fourth-order valence-corrected chi connectivity index (χ4v) is 1.46. The molecule has 6 heteroatoms. The van der Waals surface area contributed by atoms with Crippen molar-refractivity contribution < 1.29 is 18.7 Å². The Morgan fingerprint density at radius 2 is 2.00 bits per heavy atom. The second-order valence-corrected chi connectivity index (χ2v) is 5.20. The number of carbonyl (C=O) groups excluding carboxylic acids is 1. The van der Waals surface area contributed by atoms with Crippen LogP contribution in [-0.4, -0.2) is 31.9 Å². The first-order valence-electron chi connectivity index (χ1n) is 6.36. The highest BCUT2D eigenvalue weighted by Gasteiger charge is 2.15. The summed E-state index contributed by atoms with van der Waals surface area (Å²) in [6.45, 7) is 6.23. The van der Waals surface area contributed by atoms with E-state index in [1.54, 1.807) is 32.9 Å². The lowest BCUT2D eigenvalue weighted by Gasteiger charge is -2.19. The van der Waals surface area contributed by atoms with Gasteiger partial charge in [-0.15, -0.1) is 0 Å². The van der Waals surface area contributed by atoms with Crippen molar-refractivity contribution in [1.29, 1.82) is 0 Å². The molecule has 0 fully saturated rings. The zero-order valence-electron chi connectivity index (χ0n) is 12.2. The maximum Gasteiger partial charge on any atom is 0.407 e. The molecule has 2 N–H and O–H groups in total. The molecular formula is C14H21FN2O3. The highest BCUT2D eigenvalue weighted by molar-refractivity contribution is 5.67. The predicted molar refractivity (Wildman–Crippen MR) is 75.7 cm³/mol. The number of alkyl carbamates (subject to hydrolysis) is 1. The Kier molecular flexibility index (Phi) is 5.61. The number of methoxy groups -OCH3 is 1. The van der Waals surface area contributed by atoms with E-state index >= 15 is 0 Å². The van der Waals surface area contributed by atoms with E-state index in [1.165, 1.54) is 13.2 Å². The Morgan fingerprint density at radius 1 is 1.30 bits per heavy atom. The lowest BCUT2D eigenvalue weighted by atomic mass is 10.2. The summed E-state index contributed by atoms with van der Waals surface area (Å²) in [6, 6.07) is 4.58. The normalized spacial score (nSPS) is 10.8. The fourth-order valence-electron chi connectivity index (χ4n) is 1.46. The van der Waals surface area contributed by atoms with Crippen molar-refractivity contribution in [2.24, 2.45) is 0 Å². The van der Waals surface area contributed by atoms with Crippen molar-refractivity contribution >= 4 is 11.8 Å². The van der Waals surface area contributed by atoms with E-state index in [-0.39, 0.29) is 5.75 Å². The van der Waals surface area contributed by atoms with Crippen molar-refractivity contribution in [2.75, 3.05) is 25.5 Å². The zero-order chi connectivity index (χ0) is 15.2. The molecule has 0 heterocycles. The van der Waals surface area contributed by atoms with Crippen LogP contribution in [0.15, 0.2) is 18.2 Å². The molecule has 0 aliphatic rings. The van der Waals surface area contributed by atoms with Gasteiger partial charge in [-0.1, -0.05) is 0 Å². The molecule has 112 valence electrons. The Morgan fingerprint density at radius 3 is 2.55 bits per heavy atom. The van der Waals surface area contributed by atoms with E-state index in [0.717, 1.165) is 0 Å². The molecule has 1 rings (SSSR count). The van der Waals surface area contributed by atoms with E-state index in [4.69, 9.17) is 9.47 Å². The molecule has 1 amide bonds. The second kappa shape index (κ2) is 6.98. The molecule has 0 aromatic heterocycles. The quantitative estimate of drug-likeness (QED) is 0.816. The summed E-state index contributed by atoms with van der Waals surface area (Å²) in [6.07, 6.45) is -0.472. The smallest absolute Gasteiger partial charge is 0.407 e. The molecule has 0 spiro atoms. The number of halogens is 1. The number of amides is 1. The van der Waals surface area contributed by atoms with Crippen LogP contribution < -0.4 is 15.4 Å². The topological polar surface area (TPSA) is 59.6 Å². The number of rotatable bonds is 5. The lowest BCUT2D eigenvalue weighted by molar-refractivity contribution is 0.0530. The van der Waals surface area contributed by atoms with Crippen LogP contribution in [-0.2, 0) is 4.74 Å².